The quantitative estimate of drug-likeness (QED) is 0.653. The topological polar surface area (TPSA) is 17.1 Å². The van der Waals surface area contributed by atoms with Crippen LogP contribution in [0.4, 0.5) is 0 Å². The predicted molar refractivity (Wildman–Crippen MR) is 55.7 cm³/mol. The first-order valence-corrected chi connectivity index (χ1v) is 6.91. The van der Waals surface area contributed by atoms with Gasteiger partial charge in [-0.25, -0.2) is 0 Å². The zero-order valence-electron chi connectivity index (χ0n) is 7.31. The van der Waals surface area contributed by atoms with Gasteiger partial charge in [0, 0.05) is 28.1 Å². The molecule has 2 unspecified atom stereocenters. The monoisotopic (exact) mass is 240 g/mol. The molecule has 0 aliphatic carbocycles. The molecule has 0 aliphatic rings. The molecular formula is C8H17BrOS. The van der Waals surface area contributed by atoms with Gasteiger partial charge in [-0.05, 0) is 18.8 Å². The molecule has 0 radical (unpaired) electrons. The van der Waals surface area contributed by atoms with E-state index >= 15 is 0 Å². The van der Waals surface area contributed by atoms with E-state index in [1.54, 1.807) is 6.26 Å². The third-order valence-corrected chi connectivity index (χ3v) is 3.45. The van der Waals surface area contributed by atoms with Gasteiger partial charge in [-0.15, -0.1) is 0 Å². The molecule has 0 saturated carbocycles. The summed E-state index contributed by atoms with van der Waals surface area (Å²) in [7, 11) is -0.612. The van der Waals surface area contributed by atoms with Crippen molar-refractivity contribution in [3.63, 3.8) is 0 Å². The van der Waals surface area contributed by atoms with Crippen LogP contribution in [0.1, 0.15) is 26.2 Å². The maximum atomic E-state index is 10.8. The normalized spacial score (nSPS) is 16.3. The van der Waals surface area contributed by atoms with Crippen LogP contribution in [0.15, 0.2) is 0 Å². The van der Waals surface area contributed by atoms with Crippen molar-refractivity contribution in [2.75, 3.05) is 17.3 Å². The molecule has 0 aromatic heterocycles. The van der Waals surface area contributed by atoms with E-state index in [1.165, 1.54) is 12.8 Å². The second-order valence-corrected chi connectivity index (χ2v) is 5.08. The minimum absolute atomic E-state index is 0.612. The second kappa shape index (κ2) is 7.29. The zero-order chi connectivity index (χ0) is 8.69. The molecule has 0 aromatic rings. The lowest BCUT2D eigenvalue weighted by Crippen LogP contribution is -2.06. The lowest BCUT2D eigenvalue weighted by molar-refractivity contribution is 0.521. The van der Waals surface area contributed by atoms with Crippen molar-refractivity contribution >= 4 is 26.7 Å². The first kappa shape index (κ1) is 11.6. The Balaban J connectivity index is 3.43. The smallest absolute Gasteiger partial charge is 0.0234 e. The maximum absolute atomic E-state index is 10.8. The van der Waals surface area contributed by atoms with Crippen LogP contribution in [-0.4, -0.2) is 21.5 Å². The van der Waals surface area contributed by atoms with Crippen LogP contribution in [0, 0.1) is 5.92 Å². The summed E-state index contributed by atoms with van der Waals surface area (Å²) in [5.41, 5.74) is 0. The summed E-state index contributed by atoms with van der Waals surface area (Å²) in [4.78, 5) is 0. The van der Waals surface area contributed by atoms with E-state index in [2.05, 4.69) is 22.9 Å². The van der Waals surface area contributed by atoms with Crippen molar-refractivity contribution in [1.29, 1.82) is 0 Å². The van der Waals surface area contributed by atoms with Gasteiger partial charge in [0.15, 0.2) is 0 Å². The Kier molecular flexibility index (Phi) is 7.71. The van der Waals surface area contributed by atoms with E-state index in [0.29, 0.717) is 0 Å². The Hall–Kier alpha value is 0.630. The van der Waals surface area contributed by atoms with Gasteiger partial charge >= 0.3 is 0 Å². The Morgan fingerprint density at radius 1 is 1.45 bits per heavy atom. The van der Waals surface area contributed by atoms with Crippen LogP contribution in [0.3, 0.4) is 0 Å². The molecule has 0 aromatic carbocycles. The van der Waals surface area contributed by atoms with Crippen molar-refractivity contribution in [2.45, 2.75) is 26.2 Å². The Morgan fingerprint density at radius 2 is 2.09 bits per heavy atom. The van der Waals surface area contributed by atoms with Crippen molar-refractivity contribution < 1.29 is 4.21 Å². The molecule has 0 heterocycles. The van der Waals surface area contributed by atoms with Crippen LogP contribution < -0.4 is 0 Å². The number of rotatable bonds is 6. The summed E-state index contributed by atoms with van der Waals surface area (Å²) in [5, 5.41) is 1.05. The molecule has 0 bridgehead atoms. The van der Waals surface area contributed by atoms with Gasteiger partial charge in [0.2, 0.25) is 0 Å². The Morgan fingerprint density at radius 3 is 2.45 bits per heavy atom. The maximum Gasteiger partial charge on any atom is 0.0234 e. The predicted octanol–water partition coefficient (Wildman–Crippen LogP) is 2.57. The standard InChI is InChI=1S/C8H17BrOS/c1-3-4-8(7-9)5-6-11(2)10/h8H,3-7H2,1-2H3. The molecule has 0 rings (SSSR count). The van der Waals surface area contributed by atoms with E-state index in [0.717, 1.165) is 23.4 Å². The first-order chi connectivity index (χ1) is 5.20. The van der Waals surface area contributed by atoms with Crippen molar-refractivity contribution in [3.05, 3.63) is 0 Å². The fraction of sp³-hybridized carbons (Fsp3) is 1.00. The third kappa shape index (κ3) is 7.01. The molecular weight excluding hydrogens is 224 g/mol. The lowest BCUT2D eigenvalue weighted by Gasteiger charge is -2.10. The molecule has 0 spiro atoms. The number of hydrogen-bond acceptors (Lipinski definition) is 1. The lowest BCUT2D eigenvalue weighted by atomic mass is 10.0. The molecule has 0 aliphatic heterocycles. The minimum Gasteiger partial charge on any atom is -0.260 e. The molecule has 0 N–H and O–H groups in total. The van der Waals surface area contributed by atoms with E-state index in [4.69, 9.17) is 0 Å². The molecule has 0 amide bonds. The van der Waals surface area contributed by atoms with E-state index in [-0.39, 0.29) is 0 Å². The number of hydrogen-bond donors (Lipinski definition) is 0. The van der Waals surface area contributed by atoms with Crippen molar-refractivity contribution in [3.8, 4) is 0 Å². The SMILES string of the molecule is CCCC(CBr)CCS(C)=O. The summed E-state index contributed by atoms with van der Waals surface area (Å²) in [6, 6.07) is 0. The summed E-state index contributed by atoms with van der Waals surface area (Å²) in [5.74, 6) is 1.58. The van der Waals surface area contributed by atoms with Gasteiger partial charge in [-0.1, -0.05) is 29.3 Å². The number of alkyl halides is 1. The largest absolute Gasteiger partial charge is 0.260 e. The van der Waals surface area contributed by atoms with Gasteiger partial charge in [0.05, 0.1) is 0 Å². The Bertz CT molecular complexity index is 117. The van der Waals surface area contributed by atoms with Crippen molar-refractivity contribution in [2.24, 2.45) is 5.92 Å². The molecule has 0 saturated heterocycles. The van der Waals surface area contributed by atoms with Crippen LogP contribution in [0.25, 0.3) is 0 Å². The number of halogens is 1. The zero-order valence-corrected chi connectivity index (χ0v) is 9.71. The van der Waals surface area contributed by atoms with E-state index < -0.39 is 10.8 Å². The molecule has 2 atom stereocenters. The summed E-state index contributed by atoms with van der Waals surface area (Å²) < 4.78 is 10.8. The molecule has 1 nitrogen and oxygen atoms in total. The highest BCUT2D eigenvalue weighted by Gasteiger charge is 2.05. The molecule has 3 heteroatoms. The van der Waals surface area contributed by atoms with Gasteiger partial charge in [-0.2, -0.15) is 0 Å². The van der Waals surface area contributed by atoms with Crippen LogP contribution in [0.5, 0.6) is 0 Å². The van der Waals surface area contributed by atoms with Crippen LogP contribution in [-0.2, 0) is 10.8 Å². The average molecular weight is 241 g/mol. The molecule has 68 valence electrons. The van der Waals surface area contributed by atoms with Crippen molar-refractivity contribution in [1.82, 2.24) is 0 Å². The highest BCUT2D eigenvalue weighted by molar-refractivity contribution is 9.09. The fourth-order valence-electron chi connectivity index (χ4n) is 1.04. The highest BCUT2D eigenvalue weighted by atomic mass is 79.9. The second-order valence-electron chi connectivity index (χ2n) is 2.87. The van der Waals surface area contributed by atoms with Gasteiger partial charge in [0.25, 0.3) is 0 Å². The highest BCUT2D eigenvalue weighted by Crippen LogP contribution is 2.13. The van der Waals surface area contributed by atoms with Gasteiger partial charge in [0.1, 0.15) is 0 Å². The summed E-state index contributed by atoms with van der Waals surface area (Å²) >= 11 is 3.47. The Labute approximate surface area is 80.5 Å². The fourth-order valence-corrected chi connectivity index (χ4v) is 2.35. The minimum atomic E-state index is -0.612. The molecule has 11 heavy (non-hydrogen) atoms. The van der Waals surface area contributed by atoms with Gasteiger partial charge < -0.3 is 0 Å². The van der Waals surface area contributed by atoms with E-state index in [1.807, 2.05) is 0 Å². The molecule has 0 fully saturated rings. The van der Waals surface area contributed by atoms with Gasteiger partial charge in [-0.3, -0.25) is 4.21 Å². The third-order valence-electron chi connectivity index (χ3n) is 1.73. The van der Waals surface area contributed by atoms with E-state index in [9.17, 15) is 4.21 Å². The first-order valence-electron chi connectivity index (χ1n) is 4.06. The summed E-state index contributed by atoms with van der Waals surface area (Å²) in [6.45, 7) is 2.19. The average Bonchev–Trinajstić information content (AvgIpc) is 1.97. The summed E-state index contributed by atoms with van der Waals surface area (Å²) in [6.07, 6.45) is 5.36. The van der Waals surface area contributed by atoms with Crippen LogP contribution in [0.2, 0.25) is 0 Å². The van der Waals surface area contributed by atoms with Crippen LogP contribution >= 0.6 is 15.9 Å².